The molecule has 2 amide bonds. The van der Waals surface area contributed by atoms with Crippen LogP contribution in [0.3, 0.4) is 0 Å². The second-order valence-corrected chi connectivity index (χ2v) is 9.78. The molecule has 31 heavy (non-hydrogen) atoms. The molecule has 0 aromatic heterocycles. The average Bonchev–Trinajstić information content (AvgIpc) is 2.54. The summed E-state index contributed by atoms with van der Waals surface area (Å²) in [6, 6.07) is -1.23. The highest BCUT2D eigenvalue weighted by Gasteiger charge is 2.60. The van der Waals surface area contributed by atoms with Crippen molar-refractivity contribution in [1.82, 2.24) is 5.32 Å². The molecule has 0 bridgehead atoms. The number of carbonyl (C=O) groups is 2. The number of carbonyl (C=O) groups excluding carboxylic acids is 2. The van der Waals surface area contributed by atoms with E-state index in [1.165, 1.54) is 7.05 Å². The fraction of sp³-hybridized carbons (Fsp3) is 0.500. The molecule has 1 N–H and O–H groups in total. The SMILES string of the molecule is CN(C(=O)OC(C)(C)C)c1ccc(C(=O)NC(C(F)(F)F)C(F)(F)S(=O)(=O)[O-])cc1I. The molecule has 0 aliphatic rings. The summed E-state index contributed by atoms with van der Waals surface area (Å²) in [5.74, 6) is -1.71. The maximum Gasteiger partial charge on any atom is 0.415 e. The standard InChI is InChI=1S/C16H18F5IN2O6S/c1-14(2,3)30-13(26)24(4)10-6-5-8(7-9(10)22)11(25)23-12(15(17,18)19)16(20,21)31(27,28)29/h5-7,12H,1-4H3,(H,23,25)(H,27,28,29)/p-1. The maximum atomic E-state index is 13.5. The van der Waals surface area contributed by atoms with Crippen LogP contribution in [0.1, 0.15) is 31.1 Å². The Morgan fingerprint density at radius 1 is 1.16 bits per heavy atom. The summed E-state index contributed by atoms with van der Waals surface area (Å²) in [4.78, 5) is 25.2. The number of hydrogen-bond donors (Lipinski definition) is 1. The molecule has 0 spiro atoms. The minimum atomic E-state index is -6.74. The van der Waals surface area contributed by atoms with Crippen molar-refractivity contribution >= 4 is 50.4 Å². The van der Waals surface area contributed by atoms with Gasteiger partial charge in [-0.3, -0.25) is 9.69 Å². The molecule has 1 aromatic rings. The molecule has 0 aliphatic heterocycles. The van der Waals surface area contributed by atoms with E-state index in [1.807, 2.05) is 0 Å². The number of nitrogens with one attached hydrogen (secondary N) is 1. The van der Waals surface area contributed by atoms with Gasteiger partial charge in [0.25, 0.3) is 5.91 Å². The van der Waals surface area contributed by atoms with Crippen LogP contribution in [0.25, 0.3) is 0 Å². The van der Waals surface area contributed by atoms with Crippen molar-refractivity contribution in [3.05, 3.63) is 27.3 Å². The van der Waals surface area contributed by atoms with Gasteiger partial charge >= 0.3 is 17.5 Å². The maximum absolute atomic E-state index is 13.5. The number of anilines is 1. The summed E-state index contributed by atoms with van der Waals surface area (Å²) < 4.78 is 103. The summed E-state index contributed by atoms with van der Waals surface area (Å²) in [6.07, 6.45) is -6.72. The zero-order valence-corrected chi connectivity index (χ0v) is 19.4. The van der Waals surface area contributed by atoms with Gasteiger partial charge in [-0.15, -0.1) is 0 Å². The zero-order valence-electron chi connectivity index (χ0n) is 16.4. The number of benzene rings is 1. The van der Waals surface area contributed by atoms with Crippen LogP contribution in [0, 0.1) is 3.57 Å². The summed E-state index contributed by atoms with van der Waals surface area (Å²) in [6.45, 7) is 4.85. The molecule has 0 heterocycles. The third-order valence-corrected chi connectivity index (χ3v) is 5.28. The second-order valence-electron chi connectivity index (χ2n) is 7.17. The minimum Gasteiger partial charge on any atom is -0.743 e. The highest BCUT2D eigenvalue weighted by atomic mass is 127. The molecule has 8 nitrogen and oxygen atoms in total. The lowest BCUT2D eigenvalue weighted by atomic mass is 10.1. The van der Waals surface area contributed by atoms with Crippen molar-refractivity contribution in [2.24, 2.45) is 0 Å². The van der Waals surface area contributed by atoms with Gasteiger partial charge in [0, 0.05) is 16.2 Å². The molecule has 0 saturated carbocycles. The molecule has 0 radical (unpaired) electrons. The summed E-state index contributed by atoms with van der Waals surface area (Å²) in [5, 5.41) is -4.99. The normalized spacial score (nSPS) is 14.0. The summed E-state index contributed by atoms with van der Waals surface area (Å²) in [5.41, 5.74) is -1.19. The van der Waals surface area contributed by atoms with Gasteiger partial charge in [-0.25, -0.2) is 13.2 Å². The fourth-order valence-electron chi connectivity index (χ4n) is 2.06. The van der Waals surface area contributed by atoms with Gasteiger partial charge in [-0.1, -0.05) is 0 Å². The topological polar surface area (TPSA) is 116 Å². The lowest BCUT2D eigenvalue weighted by Gasteiger charge is -2.30. The molecule has 0 fully saturated rings. The van der Waals surface area contributed by atoms with Gasteiger partial charge in [-0.2, -0.15) is 22.0 Å². The number of rotatable bonds is 5. The van der Waals surface area contributed by atoms with Gasteiger partial charge in [0.05, 0.1) is 5.69 Å². The van der Waals surface area contributed by atoms with Crippen LogP contribution in [0.2, 0.25) is 0 Å². The van der Waals surface area contributed by atoms with E-state index in [1.54, 1.807) is 43.4 Å². The number of halogens is 6. The molecule has 0 saturated heterocycles. The summed E-state index contributed by atoms with van der Waals surface area (Å²) in [7, 11) is -5.42. The first-order chi connectivity index (χ1) is 13.7. The number of amides is 2. The van der Waals surface area contributed by atoms with E-state index in [0.717, 1.165) is 28.4 Å². The molecule has 1 atom stereocenters. The number of ether oxygens (including phenoxy) is 1. The quantitative estimate of drug-likeness (QED) is 0.321. The van der Waals surface area contributed by atoms with Crippen molar-refractivity contribution in [3.63, 3.8) is 0 Å². The largest absolute Gasteiger partial charge is 0.743 e. The minimum absolute atomic E-state index is 0.158. The van der Waals surface area contributed by atoms with Crippen LogP contribution in [0.15, 0.2) is 18.2 Å². The Morgan fingerprint density at radius 3 is 2.06 bits per heavy atom. The van der Waals surface area contributed by atoms with Crippen molar-refractivity contribution in [1.29, 1.82) is 0 Å². The predicted octanol–water partition coefficient (Wildman–Crippen LogP) is 3.46. The highest BCUT2D eigenvalue weighted by Crippen LogP contribution is 2.36. The van der Waals surface area contributed by atoms with Crippen LogP contribution in [-0.2, 0) is 14.9 Å². The molecule has 176 valence electrons. The van der Waals surface area contributed by atoms with Crippen LogP contribution in [-0.4, -0.2) is 55.1 Å². The monoisotopic (exact) mass is 587 g/mol. The van der Waals surface area contributed by atoms with Crippen LogP contribution in [0.5, 0.6) is 0 Å². The number of alkyl halides is 5. The molecular formula is C16H17F5IN2O6S-. The van der Waals surface area contributed by atoms with E-state index in [0.29, 0.717) is 0 Å². The summed E-state index contributed by atoms with van der Waals surface area (Å²) >= 11 is 1.64. The van der Waals surface area contributed by atoms with Crippen LogP contribution >= 0.6 is 22.6 Å². The Hall–Kier alpha value is -1.75. The number of nitrogens with zero attached hydrogens (tertiary/aromatic N) is 1. The first-order valence-electron chi connectivity index (χ1n) is 8.15. The Kier molecular flexibility index (Phi) is 7.93. The lowest BCUT2D eigenvalue weighted by molar-refractivity contribution is -0.191. The zero-order chi connectivity index (χ0) is 24.6. The number of hydrogen-bond acceptors (Lipinski definition) is 6. The second kappa shape index (κ2) is 9.01. The van der Waals surface area contributed by atoms with E-state index in [4.69, 9.17) is 4.74 Å². The van der Waals surface area contributed by atoms with E-state index in [-0.39, 0.29) is 9.26 Å². The Balaban J connectivity index is 3.20. The molecule has 1 unspecified atom stereocenters. The average molecular weight is 587 g/mol. The van der Waals surface area contributed by atoms with Gasteiger partial charge in [-0.05, 0) is 61.6 Å². The lowest BCUT2D eigenvalue weighted by Crippen LogP contribution is -2.59. The molecule has 15 heteroatoms. The Morgan fingerprint density at radius 2 is 1.68 bits per heavy atom. The molecular weight excluding hydrogens is 570 g/mol. The van der Waals surface area contributed by atoms with Gasteiger partial charge in [0.2, 0.25) is 6.04 Å². The predicted molar refractivity (Wildman–Crippen MR) is 106 cm³/mol. The molecule has 1 aromatic carbocycles. The highest BCUT2D eigenvalue weighted by molar-refractivity contribution is 14.1. The van der Waals surface area contributed by atoms with Crippen LogP contribution < -0.4 is 10.2 Å². The Labute approximate surface area is 188 Å². The van der Waals surface area contributed by atoms with E-state index in [2.05, 4.69) is 0 Å². The van der Waals surface area contributed by atoms with E-state index < -0.39 is 50.8 Å². The van der Waals surface area contributed by atoms with E-state index >= 15 is 0 Å². The van der Waals surface area contributed by atoms with E-state index in [9.17, 15) is 44.5 Å². The van der Waals surface area contributed by atoms with Crippen molar-refractivity contribution in [2.45, 2.75) is 43.8 Å². The van der Waals surface area contributed by atoms with Gasteiger partial charge < -0.3 is 14.6 Å². The first-order valence-corrected chi connectivity index (χ1v) is 10.6. The van der Waals surface area contributed by atoms with Crippen molar-refractivity contribution in [2.75, 3.05) is 11.9 Å². The van der Waals surface area contributed by atoms with Gasteiger partial charge in [0.1, 0.15) is 5.60 Å². The third kappa shape index (κ3) is 6.86. The third-order valence-electron chi connectivity index (χ3n) is 3.51. The molecule has 0 aliphatic carbocycles. The smallest absolute Gasteiger partial charge is 0.415 e. The van der Waals surface area contributed by atoms with Crippen molar-refractivity contribution < 1.29 is 49.2 Å². The van der Waals surface area contributed by atoms with Crippen molar-refractivity contribution in [3.8, 4) is 0 Å². The van der Waals surface area contributed by atoms with Crippen LogP contribution in [0.4, 0.5) is 32.4 Å². The molecule has 1 rings (SSSR count). The Bertz CT molecular complexity index is 962. The fourth-order valence-corrected chi connectivity index (χ4v) is 3.42. The first kappa shape index (κ1) is 27.3. The van der Waals surface area contributed by atoms with Gasteiger partial charge in [0.15, 0.2) is 10.1 Å².